The molecule has 0 bridgehead atoms. The molecule has 0 saturated carbocycles. The Hall–Kier alpha value is -4.00. The Labute approximate surface area is 185 Å². The lowest BCUT2D eigenvalue weighted by molar-refractivity contribution is 0.0935. The summed E-state index contributed by atoms with van der Waals surface area (Å²) >= 11 is 0. The van der Waals surface area contributed by atoms with Crippen molar-refractivity contribution in [3.63, 3.8) is 0 Å². The molecule has 7 nitrogen and oxygen atoms in total. The van der Waals surface area contributed by atoms with Crippen LogP contribution in [0.1, 0.15) is 22.5 Å². The van der Waals surface area contributed by atoms with Crippen molar-refractivity contribution < 1.29 is 9.90 Å². The van der Waals surface area contributed by atoms with Gasteiger partial charge in [0.1, 0.15) is 17.3 Å². The Morgan fingerprint density at radius 3 is 2.75 bits per heavy atom. The number of anilines is 1. The molecule has 1 saturated heterocycles. The summed E-state index contributed by atoms with van der Waals surface area (Å²) < 4.78 is 0. The zero-order valence-electron chi connectivity index (χ0n) is 17.7. The first-order valence-corrected chi connectivity index (χ1v) is 10.6. The van der Waals surface area contributed by atoms with Crippen molar-refractivity contribution in [2.24, 2.45) is 0 Å². The van der Waals surface area contributed by atoms with Crippen LogP contribution in [0.2, 0.25) is 0 Å². The number of rotatable bonds is 4. The SMILES string of the molecule is Cc1ccc2c(N3CC[C@@H](NC(=O)c4ccccn4)C3)nc(-c3ccccc3O)nc2c1. The van der Waals surface area contributed by atoms with E-state index >= 15 is 0 Å². The molecule has 4 aromatic rings. The van der Waals surface area contributed by atoms with Gasteiger partial charge in [0.05, 0.1) is 11.1 Å². The fourth-order valence-corrected chi connectivity index (χ4v) is 4.07. The van der Waals surface area contributed by atoms with E-state index in [4.69, 9.17) is 9.97 Å². The summed E-state index contributed by atoms with van der Waals surface area (Å²) in [5.74, 6) is 1.27. The largest absolute Gasteiger partial charge is 0.507 e. The van der Waals surface area contributed by atoms with E-state index in [0.717, 1.165) is 35.2 Å². The minimum atomic E-state index is -0.171. The van der Waals surface area contributed by atoms with E-state index in [1.165, 1.54) is 0 Å². The van der Waals surface area contributed by atoms with E-state index in [2.05, 4.69) is 15.2 Å². The summed E-state index contributed by atoms with van der Waals surface area (Å²) in [4.78, 5) is 28.4. The van der Waals surface area contributed by atoms with E-state index in [9.17, 15) is 9.90 Å². The van der Waals surface area contributed by atoms with Crippen LogP contribution >= 0.6 is 0 Å². The van der Waals surface area contributed by atoms with Crippen LogP contribution in [-0.4, -0.2) is 45.1 Å². The van der Waals surface area contributed by atoms with Gasteiger partial charge in [0.2, 0.25) is 0 Å². The maximum Gasteiger partial charge on any atom is 0.270 e. The zero-order valence-corrected chi connectivity index (χ0v) is 17.7. The number of aryl methyl sites for hydroxylation is 1. The van der Waals surface area contributed by atoms with Gasteiger partial charge in [-0.15, -0.1) is 0 Å². The summed E-state index contributed by atoms with van der Waals surface area (Å²) in [5, 5.41) is 14.4. The van der Waals surface area contributed by atoms with Gasteiger partial charge in [0.15, 0.2) is 5.82 Å². The van der Waals surface area contributed by atoms with Gasteiger partial charge in [-0.1, -0.05) is 24.3 Å². The number of pyridine rings is 1. The predicted molar refractivity (Wildman–Crippen MR) is 124 cm³/mol. The van der Waals surface area contributed by atoms with E-state index in [0.29, 0.717) is 23.6 Å². The summed E-state index contributed by atoms with van der Waals surface area (Å²) in [6.45, 7) is 3.42. The molecule has 160 valence electrons. The van der Waals surface area contributed by atoms with Crippen LogP contribution in [0.3, 0.4) is 0 Å². The minimum absolute atomic E-state index is 0.00597. The number of carbonyl (C=O) groups is 1. The normalized spacial score (nSPS) is 15.8. The number of aromatic nitrogens is 3. The second kappa shape index (κ2) is 8.26. The van der Waals surface area contributed by atoms with Gasteiger partial charge >= 0.3 is 0 Å². The molecule has 2 aromatic heterocycles. The smallest absolute Gasteiger partial charge is 0.270 e. The number of benzene rings is 2. The van der Waals surface area contributed by atoms with E-state index in [1.807, 2.05) is 37.3 Å². The predicted octanol–water partition coefficient (Wildman–Crippen LogP) is 3.71. The highest BCUT2D eigenvalue weighted by Crippen LogP contribution is 2.33. The molecular formula is C25H23N5O2. The highest BCUT2D eigenvalue weighted by Gasteiger charge is 2.27. The molecule has 0 radical (unpaired) electrons. The molecule has 0 spiro atoms. The number of aromatic hydroxyl groups is 1. The number of carbonyl (C=O) groups excluding carboxylic acids is 1. The van der Waals surface area contributed by atoms with Gasteiger partial charge < -0.3 is 15.3 Å². The number of hydrogen-bond acceptors (Lipinski definition) is 6. The van der Waals surface area contributed by atoms with Crippen molar-refractivity contribution in [3.8, 4) is 17.1 Å². The number of hydrogen-bond donors (Lipinski definition) is 2. The zero-order chi connectivity index (χ0) is 22.1. The fourth-order valence-electron chi connectivity index (χ4n) is 4.07. The molecule has 1 amide bonds. The average molecular weight is 425 g/mol. The lowest BCUT2D eigenvalue weighted by atomic mass is 10.1. The molecular weight excluding hydrogens is 402 g/mol. The van der Waals surface area contributed by atoms with Gasteiger partial charge in [0, 0.05) is 30.7 Å². The van der Waals surface area contributed by atoms with Crippen LogP contribution in [0.25, 0.3) is 22.3 Å². The summed E-state index contributed by atoms with van der Waals surface area (Å²) in [6, 6.07) is 18.5. The van der Waals surface area contributed by atoms with Gasteiger partial charge in [0.25, 0.3) is 5.91 Å². The van der Waals surface area contributed by atoms with Gasteiger partial charge in [-0.25, -0.2) is 9.97 Å². The maximum atomic E-state index is 12.5. The van der Waals surface area contributed by atoms with Crippen molar-refractivity contribution in [3.05, 3.63) is 78.1 Å². The van der Waals surface area contributed by atoms with Crippen LogP contribution in [0.15, 0.2) is 66.9 Å². The number of para-hydroxylation sites is 1. The average Bonchev–Trinajstić information content (AvgIpc) is 3.27. The first kappa shape index (κ1) is 19.9. The van der Waals surface area contributed by atoms with Crippen molar-refractivity contribution in [2.75, 3.05) is 18.0 Å². The number of phenols is 1. The molecule has 2 N–H and O–H groups in total. The lowest BCUT2D eigenvalue weighted by Crippen LogP contribution is -2.37. The standard InChI is InChI=1S/C25H23N5O2/c1-16-9-10-18-21(14-16)28-23(19-6-2-3-8-22(19)31)29-24(18)30-13-11-17(15-30)27-25(32)20-7-4-5-12-26-20/h2-10,12,14,17,31H,11,13,15H2,1H3,(H,27,32)/t17-/m1/s1. The highest BCUT2D eigenvalue weighted by atomic mass is 16.3. The van der Waals surface area contributed by atoms with Crippen molar-refractivity contribution >= 4 is 22.6 Å². The molecule has 0 unspecified atom stereocenters. The van der Waals surface area contributed by atoms with Crippen molar-refractivity contribution in [1.82, 2.24) is 20.3 Å². The summed E-state index contributed by atoms with van der Waals surface area (Å²) in [6.07, 6.45) is 2.42. The van der Waals surface area contributed by atoms with E-state index in [1.54, 1.807) is 36.5 Å². The number of amides is 1. The molecule has 3 heterocycles. The van der Waals surface area contributed by atoms with E-state index < -0.39 is 0 Å². The van der Waals surface area contributed by atoms with Crippen LogP contribution in [-0.2, 0) is 0 Å². The molecule has 5 rings (SSSR count). The number of nitrogens with zero attached hydrogens (tertiary/aromatic N) is 4. The second-order valence-corrected chi connectivity index (χ2v) is 8.03. The van der Waals surface area contributed by atoms with Crippen LogP contribution in [0.5, 0.6) is 5.75 Å². The van der Waals surface area contributed by atoms with Gasteiger partial charge in [-0.2, -0.15) is 0 Å². The number of fused-ring (bicyclic) bond motifs is 1. The molecule has 1 fully saturated rings. The Kier molecular flexibility index (Phi) is 5.15. The third kappa shape index (κ3) is 3.85. The van der Waals surface area contributed by atoms with Crippen LogP contribution < -0.4 is 10.2 Å². The third-order valence-corrected chi connectivity index (χ3v) is 5.70. The fraction of sp³-hybridized carbons (Fsp3) is 0.200. The summed E-state index contributed by atoms with van der Waals surface area (Å²) in [5.41, 5.74) is 2.94. The van der Waals surface area contributed by atoms with Crippen LogP contribution in [0.4, 0.5) is 5.82 Å². The molecule has 7 heteroatoms. The molecule has 1 aliphatic heterocycles. The van der Waals surface area contributed by atoms with Crippen LogP contribution in [0, 0.1) is 6.92 Å². The minimum Gasteiger partial charge on any atom is -0.507 e. The Morgan fingerprint density at radius 1 is 1.09 bits per heavy atom. The topological polar surface area (TPSA) is 91.2 Å². The third-order valence-electron chi connectivity index (χ3n) is 5.70. The Morgan fingerprint density at radius 2 is 1.94 bits per heavy atom. The number of phenolic OH excluding ortho intramolecular Hbond substituents is 1. The highest BCUT2D eigenvalue weighted by molar-refractivity contribution is 5.93. The Bertz CT molecular complexity index is 1290. The molecule has 32 heavy (non-hydrogen) atoms. The molecule has 1 atom stereocenters. The lowest BCUT2D eigenvalue weighted by Gasteiger charge is -2.21. The van der Waals surface area contributed by atoms with Crippen molar-refractivity contribution in [2.45, 2.75) is 19.4 Å². The van der Waals surface area contributed by atoms with E-state index in [-0.39, 0.29) is 17.7 Å². The number of nitrogens with one attached hydrogen (secondary N) is 1. The first-order valence-electron chi connectivity index (χ1n) is 10.6. The van der Waals surface area contributed by atoms with Gasteiger partial charge in [-0.3, -0.25) is 9.78 Å². The second-order valence-electron chi connectivity index (χ2n) is 8.03. The van der Waals surface area contributed by atoms with Gasteiger partial charge in [-0.05, 0) is 55.3 Å². The maximum absolute atomic E-state index is 12.5. The van der Waals surface area contributed by atoms with Crippen molar-refractivity contribution in [1.29, 1.82) is 0 Å². The Balaban J connectivity index is 1.47. The molecule has 2 aromatic carbocycles. The quantitative estimate of drug-likeness (QED) is 0.518. The monoisotopic (exact) mass is 425 g/mol. The molecule has 0 aliphatic carbocycles. The summed E-state index contributed by atoms with van der Waals surface area (Å²) in [7, 11) is 0. The molecule has 1 aliphatic rings. The first-order chi connectivity index (χ1) is 15.6.